The van der Waals surface area contributed by atoms with Crippen LogP contribution in [0, 0.1) is 0 Å². The molecule has 0 heterocycles. The Morgan fingerprint density at radius 1 is 0.478 bits per heavy atom. The van der Waals surface area contributed by atoms with Crippen molar-refractivity contribution >= 4 is 19.8 Å². The number of carbonyl (C=O) groups is 2. The lowest BCUT2D eigenvalue weighted by molar-refractivity contribution is -0.870. The molecule has 0 radical (unpaired) electrons. The SMILES string of the molecule is CC/C=C\C/C=C\C/C=C\C/C=C\C/C=C\C/C=C\C/C=C\C/C=C\CCCCCCCCC(=O)OC(COC(=O)CCCCCCCCCCCCCC)COP(=O)(O)OCC[N+](C)(C)C. The molecule has 67 heavy (non-hydrogen) atoms. The van der Waals surface area contributed by atoms with E-state index in [9.17, 15) is 19.0 Å². The topological polar surface area (TPSA) is 108 Å². The fourth-order valence-electron chi connectivity index (χ4n) is 6.79. The summed E-state index contributed by atoms with van der Waals surface area (Å²) in [6.07, 6.45) is 64.7. The monoisotopic (exact) mass is 957 g/mol. The van der Waals surface area contributed by atoms with E-state index in [4.69, 9.17) is 18.5 Å². The summed E-state index contributed by atoms with van der Waals surface area (Å²) in [5.74, 6) is -0.819. The van der Waals surface area contributed by atoms with Gasteiger partial charge in [-0.05, 0) is 77.0 Å². The molecule has 1 N–H and O–H groups in total. The number of ether oxygens (including phenoxy) is 2. The summed E-state index contributed by atoms with van der Waals surface area (Å²) in [4.78, 5) is 35.5. The summed E-state index contributed by atoms with van der Waals surface area (Å²) in [7, 11) is 1.46. The first-order valence-electron chi connectivity index (χ1n) is 26.5. The molecule has 9 nitrogen and oxygen atoms in total. The van der Waals surface area contributed by atoms with E-state index in [1.807, 2.05) is 21.1 Å². The first-order valence-corrected chi connectivity index (χ1v) is 28.0. The maximum atomic E-state index is 12.8. The first kappa shape index (κ1) is 63.9. The summed E-state index contributed by atoms with van der Waals surface area (Å²) in [5.41, 5.74) is 0. The zero-order valence-corrected chi connectivity index (χ0v) is 44.2. The normalized spacial score (nSPS) is 14.2. The van der Waals surface area contributed by atoms with Gasteiger partial charge >= 0.3 is 19.8 Å². The fourth-order valence-corrected chi connectivity index (χ4v) is 7.54. The third kappa shape index (κ3) is 52.2. The molecule has 0 aliphatic heterocycles. The highest BCUT2D eigenvalue weighted by Gasteiger charge is 2.27. The number of unbranched alkanes of at least 4 members (excludes halogenated alkanes) is 17. The lowest BCUT2D eigenvalue weighted by atomic mass is 10.0. The Morgan fingerprint density at radius 3 is 1.27 bits per heavy atom. The second-order valence-electron chi connectivity index (χ2n) is 18.5. The minimum Gasteiger partial charge on any atom is -0.462 e. The van der Waals surface area contributed by atoms with Gasteiger partial charge in [0, 0.05) is 12.8 Å². The number of nitrogens with zero attached hydrogens (tertiary/aromatic N) is 1. The van der Waals surface area contributed by atoms with Crippen LogP contribution < -0.4 is 0 Å². The Labute approximate surface area is 411 Å². The Morgan fingerprint density at radius 2 is 0.851 bits per heavy atom. The van der Waals surface area contributed by atoms with Crippen molar-refractivity contribution in [2.45, 2.75) is 206 Å². The Kier molecular flexibility index (Phi) is 45.8. The lowest BCUT2D eigenvalue weighted by Gasteiger charge is -2.24. The number of phosphoric acid groups is 1. The van der Waals surface area contributed by atoms with E-state index in [-0.39, 0.29) is 32.0 Å². The second kappa shape index (κ2) is 48.0. The molecule has 0 aliphatic rings. The van der Waals surface area contributed by atoms with Crippen LogP contribution >= 0.6 is 7.82 Å². The van der Waals surface area contributed by atoms with Crippen molar-refractivity contribution in [2.75, 3.05) is 47.5 Å². The van der Waals surface area contributed by atoms with Crippen LogP contribution in [0.3, 0.4) is 0 Å². The van der Waals surface area contributed by atoms with Crippen molar-refractivity contribution in [1.82, 2.24) is 0 Å². The predicted octanol–water partition coefficient (Wildman–Crippen LogP) is 16.1. The Bertz CT molecular complexity index is 1450. The van der Waals surface area contributed by atoms with Gasteiger partial charge in [0.2, 0.25) is 0 Å². The van der Waals surface area contributed by atoms with Crippen molar-refractivity contribution in [2.24, 2.45) is 0 Å². The second-order valence-corrected chi connectivity index (χ2v) is 20.0. The molecule has 0 amide bonds. The number of carbonyl (C=O) groups excluding carboxylic acids is 2. The van der Waals surface area contributed by atoms with Crippen LogP contribution in [0.25, 0.3) is 0 Å². The summed E-state index contributed by atoms with van der Waals surface area (Å²) < 4.78 is 34.4. The van der Waals surface area contributed by atoms with Crippen molar-refractivity contribution in [3.63, 3.8) is 0 Å². The molecule has 0 bridgehead atoms. The largest absolute Gasteiger partial charge is 0.472 e. The first-order chi connectivity index (χ1) is 32.5. The van der Waals surface area contributed by atoms with E-state index in [2.05, 4.69) is 111 Å². The van der Waals surface area contributed by atoms with Crippen LogP contribution in [0.15, 0.2) is 97.2 Å². The van der Waals surface area contributed by atoms with Crippen LogP contribution in [-0.4, -0.2) is 74.9 Å². The molecule has 384 valence electrons. The molecule has 0 saturated heterocycles. The molecule has 0 aromatic rings. The molecule has 0 spiro atoms. The molecule has 0 aromatic heterocycles. The van der Waals surface area contributed by atoms with Gasteiger partial charge in [-0.15, -0.1) is 0 Å². The lowest BCUT2D eigenvalue weighted by Crippen LogP contribution is -2.37. The third-order valence-corrected chi connectivity index (χ3v) is 11.9. The standard InChI is InChI=1S/C57H98NO8P/c1-6-8-10-12-14-16-18-20-21-22-23-24-25-26-27-28-29-30-31-32-33-34-35-36-37-38-40-42-44-46-48-50-57(60)66-55(54-65-67(61,62)64-52-51-58(3,4)5)53-63-56(59)49-47-45-43-41-39-19-17-15-13-11-9-7-2/h8,10,14,16,20-21,23-24,26-27,29-30,32-33,35-36,55H,6-7,9,11-13,15,17-19,22,25,28,31,34,37-54H2,1-5H3/p+1/b10-8-,16-14-,21-20-,24-23-,27-26-,30-29-,33-32-,36-35-. The molecule has 10 heteroatoms. The van der Waals surface area contributed by atoms with Crippen molar-refractivity contribution in [3.8, 4) is 0 Å². The number of esters is 2. The van der Waals surface area contributed by atoms with E-state index in [1.165, 1.54) is 57.8 Å². The third-order valence-electron chi connectivity index (χ3n) is 10.9. The highest BCUT2D eigenvalue weighted by atomic mass is 31.2. The van der Waals surface area contributed by atoms with Crippen molar-refractivity contribution in [1.29, 1.82) is 0 Å². The molecule has 0 aromatic carbocycles. The number of phosphoric ester groups is 1. The van der Waals surface area contributed by atoms with Gasteiger partial charge in [-0.25, -0.2) is 4.57 Å². The van der Waals surface area contributed by atoms with Gasteiger partial charge in [-0.2, -0.15) is 0 Å². The fraction of sp³-hybridized carbons (Fsp3) is 0.684. The van der Waals surface area contributed by atoms with E-state index in [1.54, 1.807) is 0 Å². The van der Waals surface area contributed by atoms with Gasteiger partial charge in [-0.3, -0.25) is 18.6 Å². The van der Waals surface area contributed by atoms with E-state index >= 15 is 0 Å². The number of hydrogen-bond acceptors (Lipinski definition) is 7. The predicted molar refractivity (Wildman–Crippen MR) is 284 cm³/mol. The number of quaternary nitrogens is 1. The highest BCUT2D eigenvalue weighted by molar-refractivity contribution is 7.47. The minimum atomic E-state index is -4.39. The van der Waals surface area contributed by atoms with Gasteiger partial charge in [0.25, 0.3) is 0 Å². The van der Waals surface area contributed by atoms with Gasteiger partial charge < -0.3 is 18.9 Å². The van der Waals surface area contributed by atoms with Crippen LogP contribution in [0.2, 0.25) is 0 Å². The summed E-state index contributed by atoms with van der Waals surface area (Å²) in [6.45, 7) is 4.28. The maximum absolute atomic E-state index is 12.8. The number of allylic oxidation sites excluding steroid dienone is 16. The molecular formula is C57H99NO8P+. The molecule has 0 aliphatic carbocycles. The van der Waals surface area contributed by atoms with Crippen LogP contribution in [-0.2, 0) is 32.7 Å². The smallest absolute Gasteiger partial charge is 0.462 e. The average molecular weight is 957 g/mol. The number of hydrogen-bond donors (Lipinski definition) is 1. The van der Waals surface area contributed by atoms with Crippen LogP contribution in [0.1, 0.15) is 200 Å². The number of rotatable bonds is 47. The summed E-state index contributed by atoms with van der Waals surface area (Å²) >= 11 is 0. The maximum Gasteiger partial charge on any atom is 0.472 e. The van der Waals surface area contributed by atoms with E-state index in [0.29, 0.717) is 17.4 Å². The van der Waals surface area contributed by atoms with Gasteiger partial charge in [0.05, 0.1) is 27.7 Å². The van der Waals surface area contributed by atoms with Crippen molar-refractivity contribution in [3.05, 3.63) is 97.2 Å². The zero-order valence-electron chi connectivity index (χ0n) is 43.3. The highest BCUT2D eigenvalue weighted by Crippen LogP contribution is 2.43. The van der Waals surface area contributed by atoms with Crippen LogP contribution in [0.5, 0.6) is 0 Å². The molecule has 2 unspecified atom stereocenters. The molecular weight excluding hydrogens is 858 g/mol. The summed E-state index contributed by atoms with van der Waals surface area (Å²) in [6, 6.07) is 0. The Balaban J connectivity index is 4.23. The molecule has 0 saturated carbocycles. The van der Waals surface area contributed by atoms with E-state index < -0.39 is 26.5 Å². The van der Waals surface area contributed by atoms with Gasteiger partial charge in [0.1, 0.15) is 19.8 Å². The van der Waals surface area contributed by atoms with Crippen LogP contribution in [0.4, 0.5) is 0 Å². The van der Waals surface area contributed by atoms with Gasteiger partial charge in [-0.1, -0.05) is 207 Å². The Hall–Kier alpha value is -3.07. The molecule has 0 fully saturated rings. The van der Waals surface area contributed by atoms with Crippen molar-refractivity contribution < 1.29 is 42.1 Å². The quantitative estimate of drug-likeness (QED) is 0.0211. The minimum absolute atomic E-state index is 0.0247. The summed E-state index contributed by atoms with van der Waals surface area (Å²) in [5, 5.41) is 0. The molecule has 2 atom stereocenters. The molecule has 0 rings (SSSR count). The average Bonchev–Trinajstić information content (AvgIpc) is 3.29. The van der Waals surface area contributed by atoms with Gasteiger partial charge in [0.15, 0.2) is 6.10 Å². The van der Waals surface area contributed by atoms with E-state index in [0.717, 1.165) is 109 Å². The number of likely N-dealkylation sites (N-methyl/N-ethyl adjacent to an activating group) is 1. The zero-order chi connectivity index (χ0) is 49.2.